The largest absolute Gasteiger partial charge is 0.444 e. The molecule has 0 bridgehead atoms. The Morgan fingerprint density at radius 1 is 1.16 bits per heavy atom. The molecule has 3 aliphatic rings. The molecule has 1 atom stereocenters. The molecule has 1 saturated carbocycles. The zero-order chi connectivity index (χ0) is 31.3. The lowest BCUT2D eigenvalue weighted by Crippen LogP contribution is -2.54. The van der Waals surface area contributed by atoms with Crippen LogP contribution >= 0.6 is 0 Å². The number of nitrogens with one attached hydrogen (secondary N) is 2. The Hall–Kier alpha value is -3.25. The number of likely N-dealkylation sites (tertiary alicyclic amines) is 1. The van der Waals surface area contributed by atoms with Gasteiger partial charge in [-0.3, -0.25) is 24.7 Å². The van der Waals surface area contributed by atoms with Crippen LogP contribution in [0.4, 0.5) is 15.4 Å². The second-order valence-electron chi connectivity index (χ2n) is 13.3. The first-order chi connectivity index (χ1) is 20.3. The zero-order valence-electron chi connectivity index (χ0n) is 26.4. The highest BCUT2D eigenvalue weighted by atomic mass is 16.6. The number of aromatic nitrogens is 1. The fourth-order valence-corrected chi connectivity index (χ4v) is 5.87. The first kappa shape index (κ1) is 32.7. The summed E-state index contributed by atoms with van der Waals surface area (Å²) >= 11 is 0. The summed E-state index contributed by atoms with van der Waals surface area (Å²) in [5.41, 5.74) is 0.302. The van der Waals surface area contributed by atoms with E-state index in [0.29, 0.717) is 30.4 Å². The molecule has 3 heterocycles. The van der Waals surface area contributed by atoms with Crippen molar-refractivity contribution in [2.24, 2.45) is 5.92 Å². The van der Waals surface area contributed by atoms with Crippen molar-refractivity contribution in [2.45, 2.75) is 110 Å². The van der Waals surface area contributed by atoms with E-state index in [2.05, 4.69) is 34.4 Å². The lowest BCUT2D eigenvalue weighted by Gasteiger charge is -2.46. The number of nitrogens with zero attached hydrogens (tertiary/aromatic N) is 4. The Labute approximate surface area is 254 Å². The smallest absolute Gasteiger partial charge is 0.410 e. The van der Waals surface area contributed by atoms with Gasteiger partial charge in [-0.1, -0.05) is 6.07 Å². The first-order valence-electron chi connectivity index (χ1n) is 15.5. The molecule has 12 heteroatoms. The number of anilines is 1. The van der Waals surface area contributed by atoms with Gasteiger partial charge in [-0.05, 0) is 78.7 Å². The topological polar surface area (TPSA) is 133 Å². The highest BCUT2D eigenvalue weighted by Crippen LogP contribution is 2.33. The van der Waals surface area contributed by atoms with Gasteiger partial charge < -0.3 is 19.7 Å². The van der Waals surface area contributed by atoms with Gasteiger partial charge in [0.15, 0.2) is 0 Å². The second-order valence-corrected chi connectivity index (χ2v) is 13.3. The predicted octanol–water partition coefficient (Wildman–Crippen LogP) is 3.44. The van der Waals surface area contributed by atoms with Crippen LogP contribution in [0.3, 0.4) is 0 Å². The molecule has 1 aliphatic carbocycles. The summed E-state index contributed by atoms with van der Waals surface area (Å²) in [7, 11) is 1.60. The van der Waals surface area contributed by atoms with Crippen LogP contribution in [-0.4, -0.2) is 95.2 Å². The van der Waals surface area contributed by atoms with Crippen molar-refractivity contribution in [3.63, 3.8) is 0 Å². The number of carbonyl (C=O) groups is 4. The predicted molar refractivity (Wildman–Crippen MR) is 161 cm³/mol. The van der Waals surface area contributed by atoms with Crippen molar-refractivity contribution >= 4 is 29.8 Å². The van der Waals surface area contributed by atoms with E-state index in [1.807, 2.05) is 37.8 Å². The van der Waals surface area contributed by atoms with E-state index in [4.69, 9.17) is 9.47 Å². The van der Waals surface area contributed by atoms with Gasteiger partial charge in [0.05, 0.1) is 12.7 Å². The average Bonchev–Trinajstić information content (AvgIpc) is 2.92. The lowest BCUT2D eigenvalue weighted by atomic mass is 9.85. The summed E-state index contributed by atoms with van der Waals surface area (Å²) in [6.45, 7) is 13.0. The summed E-state index contributed by atoms with van der Waals surface area (Å²) in [5, 5.41) is 4.95. The number of rotatable bonds is 9. The van der Waals surface area contributed by atoms with Gasteiger partial charge in [0.25, 0.3) is 0 Å². The third-order valence-electron chi connectivity index (χ3n) is 8.44. The van der Waals surface area contributed by atoms with Crippen molar-refractivity contribution in [3.8, 4) is 0 Å². The fourth-order valence-electron chi connectivity index (χ4n) is 5.87. The molecule has 43 heavy (non-hydrogen) atoms. The number of imide groups is 1. The monoisotopic (exact) mass is 600 g/mol. The zero-order valence-corrected chi connectivity index (χ0v) is 26.4. The maximum atomic E-state index is 12.9. The Bertz CT molecular complexity index is 1160. The molecule has 0 radical (unpaired) electrons. The molecule has 2 aliphatic heterocycles. The number of urea groups is 1. The number of hydrogen-bond acceptors (Lipinski definition) is 8. The number of ether oxygens (including phenoxy) is 2. The van der Waals surface area contributed by atoms with Crippen molar-refractivity contribution in [2.75, 3.05) is 31.6 Å². The van der Waals surface area contributed by atoms with Gasteiger partial charge in [-0.2, -0.15) is 0 Å². The van der Waals surface area contributed by atoms with E-state index in [9.17, 15) is 19.2 Å². The molecule has 12 nitrogen and oxygen atoms in total. The third kappa shape index (κ3) is 8.88. The summed E-state index contributed by atoms with van der Waals surface area (Å²) in [5.74, 6) is 0.178. The Balaban J connectivity index is 1.23. The average molecular weight is 601 g/mol. The summed E-state index contributed by atoms with van der Waals surface area (Å²) in [6.07, 6.45) is 5.81. The highest BCUT2D eigenvalue weighted by molar-refractivity contribution is 6.02. The minimum absolute atomic E-state index is 0.121. The van der Waals surface area contributed by atoms with Crippen molar-refractivity contribution < 1.29 is 28.7 Å². The van der Waals surface area contributed by atoms with E-state index in [1.165, 1.54) is 4.90 Å². The van der Waals surface area contributed by atoms with Crippen LogP contribution in [0.5, 0.6) is 0 Å². The van der Waals surface area contributed by atoms with Crippen LogP contribution in [0, 0.1) is 5.92 Å². The van der Waals surface area contributed by atoms with Gasteiger partial charge in [0.1, 0.15) is 17.5 Å². The van der Waals surface area contributed by atoms with E-state index >= 15 is 0 Å². The van der Waals surface area contributed by atoms with Gasteiger partial charge in [0, 0.05) is 56.9 Å². The standard InChI is InChI=1S/C31H48N6O6/c1-20(2)37(18-21-11-14-36(15-12-21)30(41)43-31(3,4)5)23-16-24(17-23)42-19-22-8-7-13-32-27(22)35(6)29(40)33-25-9-10-26(38)34-28(25)39/h7-8,13,20-21,23-25H,9-12,14-19H2,1-6H3,(H,33,40)(H,34,38,39)/t23-,24-,25?. The number of pyridine rings is 1. The maximum Gasteiger partial charge on any atom is 0.410 e. The highest BCUT2D eigenvalue weighted by Gasteiger charge is 2.37. The number of amides is 5. The molecule has 2 N–H and O–H groups in total. The number of hydrogen-bond donors (Lipinski definition) is 2. The van der Waals surface area contributed by atoms with E-state index in [1.54, 1.807) is 13.2 Å². The van der Waals surface area contributed by atoms with Crippen LogP contribution in [0.25, 0.3) is 0 Å². The van der Waals surface area contributed by atoms with E-state index < -0.39 is 23.6 Å². The van der Waals surface area contributed by atoms with E-state index in [0.717, 1.165) is 50.9 Å². The van der Waals surface area contributed by atoms with Gasteiger partial charge in [-0.15, -0.1) is 0 Å². The number of piperidine rings is 2. The normalized spacial score (nSPS) is 23.2. The fraction of sp³-hybridized carbons (Fsp3) is 0.710. The molecule has 238 valence electrons. The Kier molecular flexibility index (Phi) is 10.7. The summed E-state index contributed by atoms with van der Waals surface area (Å²) in [4.78, 5) is 59.0. The maximum absolute atomic E-state index is 12.9. The molecule has 3 fully saturated rings. The van der Waals surface area contributed by atoms with Crippen LogP contribution in [0.2, 0.25) is 0 Å². The Morgan fingerprint density at radius 2 is 1.86 bits per heavy atom. The molecular weight excluding hydrogens is 552 g/mol. The van der Waals surface area contributed by atoms with Crippen LogP contribution in [0.1, 0.15) is 78.7 Å². The SMILES string of the molecule is CC(C)N(CC1CCN(C(=O)OC(C)(C)C)CC1)[C@H]1C[C@H](OCc2cccnc2N(C)C(=O)NC2CCC(=O)NC2=O)C1. The first-order valence-corrected chi connectivity index (χ1v) is 15.5. The van der Waals surface area contributed by atoms with Crippen molar-refractivity contribution in [3.05, 3.63) is 23.9 Å². The minimum Gasteiger partial charge on any atom is -0.444 e. The molecule has 0 aromatic carbocycles. The van der Waals surface area contributed by atoms with E-state index in [-0.39, 0.29) is 30.9 Å². The third-order valence-corrected chi connectivity index (χ3v) is 8.44. The number of carbonyl (C=O) groups excluding carboxylic acids is 4. The van der Waals surface area contributed by atoms with Crippen LogP contribution in [0.15, 0.2) is 18.3 Å². The molecule has 4 rings (SSSR count). The van der Waals surface area contributed by atoms with Crippen molar-refractivity contribution in [1.29, 1.82) is 0 Å². The van der Waals surface area contributed by atoms with Crippen molar-refractivity contribution in [1.82, 2.24) is 25.4 Å². The second kappa shape index (κ2) is 14.0. The molecule has 0 spiro atoms. The van der Waals surface area contributed by atoms with Crippen LogP contribution in [-0.2, 0) is 25.7 Å². The van der Waals surface area contributed by atoms with Gasteiger partial charge in [0.2, 0.25) is 11.8 Å². The lowest BCUT2D eigenvalue weighted by molar-refractivity contribution is -0.134. The molecule has 2 saturated heterocycles. The van der Waals surface area contributed by atoms with Gasteiger partial charge in [-0.25, -0.2) is 14.6 Å². The van der Waals surface area contributed by atoms with Gasteiger partial charge >= 0.3 is 12.1 Å². The molecule has 1 aromatic heterocycles. The minimum atomic E-state index is -0.760. The Morgan fingerprint density at radius 3 is 2.49 bits per heavy atom. The molecular formula is C31H48N6O6. The quantitative estimate of drug-likeness (QED) is 0.412. The summed E-state index contributed by atoms with van der Waals surface area (Å²) in [6, 6.07) is 3.33. The summed E-state index contributed by atoms with van der Waals surface area (Å²) < 4.78 is 11.8. The molecule has 5 amide bonds. The molecule has 1 aromatic rings. The van der Waals surface area contributed by atoms with Crippen LogP contribution < -0.4 is 15.5 Å². The molecule has 1 unspecified atom stereocenters.